The van der Waals surface area contributed by atoms with Gasteiger partial charge in [-0.05, 0) is 38.0 Å². The number of anilines is 1. The Morgan fingerprint density at radius 3 is 2.54 bits per heavy atom. The van der Waals surface area contributed by atoms with Crippen LogP contribution in [0.3, 0.4) is 0 Å². The zero-order chi connectivity index (χ0) is 17.6. The molecule has 0 aliphatic heterocycles. The molecule has 0 amide bonds. The first-order valence-corrected chi connectivity index (χ1v) is 7.59. The van der Waals surface area contributed by atoms with Gasteiger partial charge in [-0.25, -0.2) is 0 Å². The van der Waals surface area contributed by atoms with Crippen molar-refractivity contribution in [1.82, 2.24) is 0 Å². The minimum atomic E-state index is -0.671. The van der Waals surface area contributed by atoms with E-state index < -0.39 is 9.85 Å². The van der Waals surface area contributed by atoms with Crippen LogP contribution in [0.4, 0.5) is 17.1 Å². The third kappa shape index (κ3) is 4.05. The molecule has 0 bridgehead atoms. The molecule has 126 valence electrons. The van der Waals surface area contributed by atoms with Crippen molar-refractivity contribution in [3.05, 3.63) is 56.3 Å². The van der Waals surface area contributed by atoms with E-state index in [-0.39, 0.29) is 22.5 Å². The Labute approximate surface area is 138 Å². The van der Waals surface area contributed by atoms with Crippen molar-refractivity contribution in [2.24, 2.45) is 10.5 Å². The maximum absolute atomic E-state index is 11.1. The lowest BCUT2D eigenvalue weighted by atomic mass is 9.88. The highest BCUT2D eigenvalue weighted by atomic mass is 16.6. The van der Waals surface area contributed by atoms with Crippen molar-refractivity contribution in [3.63, 3.8) is 0 Å². The van der Waals surface area contributed by atoms with Crippen LogP contribution >= 0.6 is 0 Å². The van der Waals surface area contributed by atoms with Gasteiger partial charge < -0.3 is 0 Å². The minimum Gasteiger partial charge on any atom is -0.272 e. The van der Waals surface area contributed by atoms with Gasteiger partial charge in [-0.2, -0.15) is 5.10 Å². The molecular weight excluding hydrogens is 312 g/mol. The molecule has 8 heteroatoms. The second kappa shape index (κ2) is 7.52. The van der Waals surface area contributed by atoms with Crippen LogP contribution in [0.1, 0.15) is 32.6 Å². The van der Waals surface area contributed by atoms with Gasteiger partial charge in [0.05, 0.1) is 15.9 Å². The average Bonchev–Trinajstić information content (AvgIpc) is 3.02. The topological polar surface area (TPSA) is 111 Å². The summed E-state index contributed by atoms with van der Waals surface area (Å²) in [6.07, 6.45) is 9.60. The molecule has 0 radical (unpaired) electrons. The zero-order valence-electron chi connectivity index (χ0n) is 13.3. The molecule has 0 saturated heterocycles. The largest absolute Gasteiger partial charge is 0.301 e. The molecule has 1 aliphatic rings. The van der Waals surface area contributed by atoms with Crippen LogP contribution < -0.4 is 5.43 Å². The van der Waals surface area contributed by atoms with Gasteiger partial charge in [-0.3, -0.25) is 25.7 Å². The third-order valence-electron chi connectivity index (χ3n) is 3.97. The van der Waals surface area contributed by atoms with Gasteiger partial charge in [0.25, 0.3) is 5.69 Å². The number of hydrazone groups is 1. The predicted octanol–water partition coefficient (Wildman–Crippen LogP) is 4.19. The van der Waals surface area contributed by atoms with Gasteiger partial charge in [-0.1, -0.05) is 12.8 Å². The smallest absolute Gasteiger partial charge is 0.272 e. The summed E-state index contributed by atoms with van der Waals surface area (Å²) < 4.78 is 0. The lowest BCUT2D eigenvalue weighted by molar-refractivity contribution is -0.393. The number of non-ortho nitro benzene ring substituents is 1. The standard InChI is InChI=1S/C16H18N4O4/c1-2-3-8-16(9-4-5-10-16)12-17-18-14-7-6-13(19(21)22)11-15(14)20(23)24/h2,6-8,11-12,18H,4-5,9-10H2,1H3/b17-12+. The third-order valence-corrected chi connectivity index (χ3v) is 3.97. The number of hydrogen-bond donors (Lipinski definition) is 1. The van der Waals surface area contributed by atoms with Crippen LogP contribution in [0.5, 0.6) is 0 Å². The number of nitro groups is 2. The molecule has 0 heterocycles. The quantitative estimate of drug-likeness (QED) is 0.364. The first-order valence-electron chi connectivity index (χ1n) is 7.59. The summed E-state index contributed by atoms with van der Waals surface area (Å²) >= 11 is 0. The van der Waals surface area contributed by atoms with E-state index in [2.05, 4.69) is 16.3 Å². The summed E-state index contributed by atoms with van der Waals surface area (Å²) in [6.45, 7) is 1.88. The van der Waals surface area contributed by atoms with Crippen molar-refractivity contribution in [3.8, 4) is 0 Å². The van der Waals surface area contributed by atoms with Gasteiger partial charge in [0.15, 0.2) is 0 Å². The number of rotatable bonds is 6. The number of nitrogens with one attached hydrogen (secondary N) is 1. The molecule has 1 N–H and O–H groups in total. The number of nitro benzene ring substituents is 2. The summed E-state index contributed by atoms with van der Waals surface area (Å²) in [7, 11) is 0. The Bertz CT molecular complexity index is 730. The lowest BCUT2D eigenvalue weighted by Crippen LogP contribution is -2.15. The molecular formula is C16H18N4O4. The van der Waals surface area contributed by atoms with Crippen LogP contribution in [0.2, 0.25) is 0 Å². The molecule has 1 aromatic carbocycles. The lowest BCUT2D eigenvalue weighted by Gasteiger charge is -2.17. The van der Waals surface area contributed by atoms with Crippen molar-refractivity contribution in [1.29, 1.82) is 0 Å². The fraction of sp³-hybridized carbons (Fsp3) is 0.375. The van der Waals surface area contributed by atoms with Crippen molar-refractivity contribution >= 4 is 23.3 Å². The average molecular weight is 330 g/mol. The SMILES string of the molecule is CC=C=CC1(/C=N/Nc2ccc([N+](=O)[O-])cc2[N+](=O)[O-])CCCC1. The van der Waals surface area contributed by atoms with E-state index in [1.54, 1.807) is 6.21 Å². The Kier molecular flexibility index (Phi) is 5.44. The highest BCUT2D eigenvalue weighted by Crippen LogP contribution is 2.37. The van der Waals surface area contributed by atoms with Gasteiger partial charge in [0, 0.05) is 17.7 Å². The number of hydrogen-bond acceptors (Lipinski definition) is 6. The normalized spacial score (nSPS) is 15.7. The van der Waals surface area contributed by atoms with E-state index in [1.165, 1.54) is 12.1 Å². The van der Waals surface area contributed by atoms with Crippen molar-refractivity contribution in [2.45, 2.75) is 32.6 Å². The summed E-state index contributed by atoms with van der Waals surface area (Å²) in [4.78, 5) is 20.5. The zero-order valence-corrected chi connectivity index (χ0v) is 13.3. The number of nitrogens with zero attached hydrogens (tertiary/aromatic N) is 3. The molecule has 0 atom stereocenters. The minimum absolute atomic E-state index is 0.116. The predicted molar refractivity (Wildman–Crippen MR) is 91.1 cm³/mol. The van der Waals surface area contributed by atoms with Crippen LogP contribution in [0, 0.1) is 25.6 Å². The molecule has 1 aromatic rings. The van der Waals surface area contributed by atoms with E-state index in [0.717, 1.165) is 31.7 Å². The van der Waals surface area contributed by atoms with E-state index in [1.807, 2.05) is 19.1 Å². The monoisotopic (exact) mass is 330 g/mol. The van der Waals surface area contributed by atoms with Gasteiger partial charge in [-0.15, -0.1) is 5.73 Å². The highest BCUT2D eigenvalue weighted by Gasteiger charge is 2.29. The first-order chi connectivity index (χ1) is 11.5. The van der Waals surface area contributed by atoms with Crippen LogP contribution in [-0.4, -0.2) is 16.1 Å². The molecule has 24 heavy (non-hydrogen) atoms. The molecule has 1 fully saturated rings. The molecule has 1 saturated carbocycles. The fourth-order valence-electron chi connectivity index (χ4n) is 2.70. The maximum atomic E-state index is 11.1. The molecule has 2 rings (SSSR count). The molecule has 0 aromatic heterocycles. The number of benzene rings is 1. The Morgan fingerprint density at radius 2 is 1.96 bits per heavy atom. The van der Waals surface area contributed by atoms with Gasteiger partial charge in [0.1, 0.15) is 5.69 Å². The van der Waals surface area contributed by atoms with Crippen molar-refractivity contribution < 1.29 is 9.85 Å². The van der Waals surface area contributed by atoms with Gasteiger partial charge >= 0.3 is 5.69 Å². The molecule has 0 spiro atoms. The van der Waals surface area contributed by atoms with Gasteiger partial charge in [0.2, 0.25) is 0 Å². The van der Waals surface area contributed by atoms with E-state index in [9.17, 15) is 20.2 Å². The molecule has 1 aliphatic carbocycles. The van der Waals surface area contributed by atoms with Crippen LogP contribution in [0.25, 0.3) is 0 Å². The van der Waals surface area contributed by atoms with Crippen molar-refractivity contribution in [2.75, 3.05) is 5.43 Å². The fourth-order valence-corrected chi connectivity index (χ4v) is 2.70. The second-order valence-electron chi connectivity index (χ2n) is 5.63. The van der Waals surface area contributed by atoms with E-state index in [4.69, 9.17) is 0 Å². The maximum Gasteiger partial charge on any atom is 0.301 e. The summed E-state index contributed by atoms with van der Waals surface area (Å²) in [5.74, 6) is 0. The molecule has 8 nitrogen and oxygen atoms in total. The summed E-state index contributed by atoms with van der Waals surface area (Å²) in [5.41, 5.74) is 4.91. The van der Waals surface area contributed by atoms with E-state index >= 15 is 0 Å². The second-order valence-corrected chi connectivity index (χ2v) is 5.63. The van der Waals surface area contributed by atoms with E-state index in [0.29, 0.717) is 0 Å². The van der Waals surface area contributed by atoms with Crippen LogP contribution in [0.15, 0.2) is 41.2 Å². The van der Waals surface area contributed by atoms with Crippen LogP contribution in [-0.2, 0) is 0 Å². The molecule has 0 unspecified atom stereocenters. The highest BCUT2D eigenvalue weighted by molar-refractivity contribution is 5.72. The Hall–Kier alpha value is -2.99. The Balaban J connectivity index is 2.23. The summed E-state index contributed by atoms with van der Waals surface area (Å²) in [5, 5.41) is 26.0. The Morgan fingerprint density at radius 1 is 1.25 bits per heavy atom. The summed E-state index contributed by atoms with van der Waals surface area (Å²) in [6, 6.07) is 3.41. The first kappa shape index (κ1) is 17.4. The number of allylic oxidation sites excluding steroid dienone is 1.